The van der Waals surface area contributed by atoms with Crippen molar-refractivity contribution in [3.63, 3.8) is 0 Å². The molecule has 0 saturated carbocycles. The van der Waals surface area contributed by atoms with Crippen LogP contribution < -0.4 is 10.6 Å². The third-order valence-electron chi connectivity index (χ3n) is 3.04. The van der Waals surface area contributed by atoms with E-state index >= 15 is 0 Å². The minimum atomic E-state index is 0.448. The number of aryl methyl sites for hydroxylation is 1. The summed E-state index contributed by atoms with van der Waals surface area (Å²) in [5.41, 5.74) is 4.12. The lowest BCUT2D eigenvalue weighted by Crippen LogP contribution is -2.39. The van der Waals surface area contributed by atoms with Crippen LogP contribution in [0.1, 0.15) is 30.0 Å². The van der Waals surface area contributed by atoms with Gasteiger partial charge in [-0.2, -0.15) is 0 Å². The number of benzene rings is 1. The van der Waals surface area contributed by atoms with Crippen molar-refractivity contribution in [1.82, 2.24) is 5.32 Å². The fourth-order valence-electron chi connectivity index (χ4n) is 2.45. The van der Waals surface area contributed by atoms with Gasteiger partial charge < -0.3 is 10.6 Å². The molecule has 0 amide bonds. The Morgan fingerprint density at radius 3 is 3.21 bits per heavy atom. The molecule has 0 saturated heterocycles. The molecule has 0 spiro atoms. The maximum atomic E-state index is 5.17. The van der Waals surface area contributed by atoms with Crippen molar-refractivity contribution in [3.05, 3.63) is 29.3 Å². The van der Waals surface area contributed by atoms with Gasteiger partial charge in [-0.15, -0.1) is 0 Å². The summed E-state index contributed by atoms with van der Waals surface area (Å²) >= 11 is 5.17. The van der Waals surface area contributed by atoms with E-state index in [2.05, 4.69) is 28.8 Å². The van der Waals surface area contributed by atoms with Gasteiger partial charge in [-0.05, 0) is 43.1 Å². The molecule has 1 aliphatic carbocycles. The molecule has 1 aromatic carbocycles. The Morgan fingerprint density at radius 1 is 1.36 bits per heavy atom. The zero-order valence-corrected chi connectivity index (χ0v) is 8.66. The Kier molecular flexibility index (Phi) is 1.74. The molecule has 1 heterocycles. The number of nitrogens with one attached hydrogen (secondary N) is 2. The van der Waals surface area contributed by atoms with Gasteiger partial charge in [-0.3, -0.25) is 0 Å². The minimum Gasteiger partial charge on any atom is -0.356 e. The first-order valence-electron chi connectivity index (χ1n) is 5.04. The first kappa shape index (κ1) is 8.24. The van der Waals surface area contributed by atoms with Crippen LogP contribution in [0.15, 0.2) is 18.2 Å². The second-order valence-corrected chi connectivity index (χ2v) is 4.33. The van der Waals surface area contributed by atoms with E-state index in [1.54, 1.807) is 0 Å². The molecule has 2 aliphatic rings. The molecule has 14 heavy (non-hydrogen) atoms. The monoisotopic (exact) mass is 204 g/mol. The molecule has 1 aliphatic heterocycles. The largest absolute Gasteiger partial charge is 0.356 e. The van der Waals surface area contributed by atoms with E-state index in [4.69, 9.17) is 12.2 Å². The van der Waals surface area contributed by atoms with Gasteiger partial charge in [0.2, 0.25) is 0 Å². The van der Waals surface area contributed by atoms with Crippen LogP contribution in [0, 0.1) is 0 Å². The van der Waals surface area contributed by atoms with E-state index in [1.807, 2.05) is 0 Å². The van der Waals surface area contributed by atoms with Crippen molar-refractivity contribution in [2.45, 2.75) is 25.3 Å². The van der Waals surface area contributed by atoms with Crippen LogP contribution in [0.3, 0.4) is 0 Å². The SMILES string of the molecule is S=C1Nc2cccc3c2C(CCC3)N1. The number of anilines is 1. The summed E-state index contributed by atoms with van der Waals surface area (Å²) in [6.45, 7) is 0. The average molecular weight is 204 g/mol. The van der Waals surface area contributed by atoms with Crippen LogP contribution in [0.4, 0.5) is 5.69 Å². The maximum Gasteiger partial charge on any atom is 0.171 e. The molecule has 1 aromatic rings. The molecule has 72 valence electrons. The second-order valence-electron chi connectivity index (χ2n) is 3.92. The summed E-state index contributed by atoms with van der Waals surface area (Å²) in [6, 6.07) is 6.90. The smallest absolute Gasteiger partial charge is 0.171 e. The van der Waals surface area contributed by atoms with Crippen LogP contribution in [-0.4, -0.2) is 5.11 Å². The van der Waals surface area contributed by atoms with Crippen molar-refractivity contribution in [2.75, 3.05) is 5.32 Å². The normalized spacial score (nSPS) is 23.4. The Hall–Kier alpha value is -1.09. The molecule has 0 fully saturated rings. The summed E-state index contributed by atoms with van der Waals surface area (Å²) in [4.78, 5) is 0. The van der Waals surface area contributed by atoms with Gasteiger partial charge in [0, 0.05) is 11.3 Å². The summed E-state index contributed by atoms with van der Waals surface area (Å²) in [5.74, 6) is 0. The van der Waals surface area contributed by atoms with Gasteiger partial charge in [0.15, 0.2) is 5.11 Å². The number of hydrogen-bond donors (Lipinski definition) is 2. The molecule has 0 aromatic heterocycles. The first-order chi connectivity index (χ1) is 6.84. The van der Waals surface area contributed by atoms with Crippen molar-refractivity contribution in [2.24, 2.45) is 0 Å². The lowest BCUT2D eigenvalue weighted by molar-refractivity contribution is 0.525. The minimum absolute atomic E-state index is 0.448. The summed E-state index contributed by atoms with van der Waals surface area (Å²) in [5, 5.41) is 7.32. The van der Waals surface area contributed by atoms with Gasteiger partial charge in [-0.1, -0.05) is 12.1 Å². The quantitative estimate of drug-likeness (QED) is 0.634. The summed E-state index contributed by atoms with van der Waals surface area (Å²) in [6.07, 6.45) is 3.67. The molecular weight excluding hydrogens is 192 g/mol. The van der Waals surface area contributed by atoms with E-state index in [9.17, 15) is 0 Å². The fourth-order valence-corrected chi connectivity index (χ4v) is 2.71. The topological polar surface area (TPSA) is 24.1 Å². The van der Waals surface area contributed by atoms with Gasteiger partial charge >= 0.3 is 0 Å². The van der Waals surface area contributed by atoms with Gasteiger partial charge in [0.1, 0.15) is 0 Å². The highest BCUT2D eigenvalue weighted by Gasteiger charge is 2.27. The fraction of sp³-hybridized carbons (Fsp3) is 0.364. The number of rotatable bonds is 0. The van der Waals surface area contributed by atoms with Gasteiger partial charge in [0.05, 0.1) is 6.04 Å². The van der Waals surface area contributed by atoms with Crippen molar-refractivity contribution >= 4 is 23.0 Å². The lowest BCUT2D eigenvalue weighted by Gasteiger charge is -2.34. The third-order valence-corrected chi connectivity index (χ3v) is 3.26. The van der Waals surface area contributed by atoms with Crippen LogP contribution >= 0.6 is 12.2 Å². The highest BCUT2D eigenvalue weighted by atomic mass is 32.1. The summed E-state index contributed by atoms with van der Waals surface area (Å²) in [7, 11) is 0. The molecule has 1 atom stereocenters. The van der Waals surface area contributed by atoms with Crippen molar-refractivity contribution in [3.8, 4) is 0 Å². The zero-order chi connectivity index (χ0) is 9.54. The van der Waals surface area contributed by atoms with Crippen LogP contribution in [0.2, 0.25) is 0 Å². The van der Waals surface area contributed by atoms with Crippen LogP contribution in [0.5, 0.6) is 0 Å². The molecule has 0 bridgehead atoms. The Balaban J connectivity index is 2.18. The van der Waals surface area contributed by atoms with Crippen LogP contribution in [-0.2, 0) is 6.42 Å². The maximum absolute atomic E-state index is 5.17. The zero-order valence-electron chi connectivity index (χ0n) is 7.84. The van der Waals surface area contributed by atoms with Gasteiger partial charge in [-0.25, -0.2) is 0 Å². The number of thiocarbonyl (C=S) groups is 1. The predicted molar refractivity (Wildman–Crippen MR) is 61.5 cm³/mol. The molecule has 3 heteroatoms. The molecule has 2 N–H and O–H groups in total. The molecular formula is C11H12N2S. The molecule has 2 nitrogen and oxygen atoms in total. The molecule has 1 unspecified atom stereocenters. The van der Waals surface area contributed by atoms with Crippen molar-refractivity contribution in [1.29, 1.82) is 0 Å². The molecule has 3 rings (SSSR count). The standard InChI is InChI=1S/C11H12N2S/c14-11-12-8-5-1-3-7-4-2-6-9(13-11)10(7)8/h1,3,5,9H,2,4,6H2,(H2,12,13,14). The first-order valence-corrected chi connectivity index (χ1v) is 5.45. The highest BCUT2D eigenvalue weighted by Crippen LogP contribution is 2.37. The Morgan fingerprint density at radius 2 is 2.29 bits per heavy atom. The predicted octanol–water partition coefficient (Wildman–Crippen LogP) is 2.36. The van der Waals surface area contributed by atoms with Gasteiger partial charge in [0.25, 0.3) is 0 Å². The molecule has 0 radical (unpaired) electrons. The second kappa shape index (κ2) is 2.95. The van der Waals surface area contributed by atoms with E-state index < -0.39 is 0 Å². The third kappa shape index (κ3) is 1.12. The van der Waals surface area contributed by atoms with E-state index in [-0.39, 0.29) is 0 Å². The van der Waals surface area contributed by atoms with E-state index in [0.29, 0.717) is 6.04 Å². The Labute approximate surface area is 88.7 Å². The van der Waals surface area contributed by atoms with E-state index in [1.165, 1.54) is 36.1 Å². The van der Waals surface area contributed by atoms with E-state index in [0.717, 1.165) is 5.11 Å². The lowest BCUT2D eigenvalue weighted by atomic mass is 9.85. The van der Waals surface area contributed by atoms with Crippen LogP contribution in [0.25, 0.3) is 0 Å². The van der Waals surface area contributed by atoms with Crippen molar-refractivity contribution < 1.29 is 0 Å². The Bertz CT molecular complexity index is 400. The number of hydrogen-bond acceptors (Lipinski definition) is 1. The average Bonchev–Trinajstić information content (AvgIpc) is 2.18. The summed E-state index contributed by atoms with van der Waals surface area (Å²) < 4.78 is 0. The highest BCUT2D eigenvalue weighted by molar-refractivity contribution is 7.80.